The summed E-state index contributed by atoms with van der Waals surface area (Å²) in [7, 11) is 0. The van der Waals surface area contributed by atoms with Crippen LogP contribution in [0.4, 0.5) is 5.69 Å². The molecule has 1 aromatic carbocycles. The topological polar surface area (TPSA) is 77.2 Å². The zero-order valence-electron chi connectivity index (χ0n) is 13.4. The number of nitrogens with one attached hydrogen (secondary N) is 1. The van der Waals surface area contributed by atoms with E-state index in [9.17, 15) is 4.79 Å². The largest absolute Gasteiger partial charge is 0.377 e. The molecule has 1 fully saturated rings. The normalized spacial score (nSPS) is 20.8. The van der Waals surface area contributed by atoms with E-state index >= 15 is 0 Å². The van der Waals surface area contributed by atoms with Gasteiger partial charge in [-0.15, -0.1) is 0 Å². The Bertz CT molecular complexity index is 654. The van der Waals surface area contributed by atoms with E-state index in [1.807, 2.05) is 30.3 Å². The lowest BCUT2D eigenvalue weighted by atomic mass is 9.93. The molecule has 0 spiro atoms. The molecule has 2 atom stereocenters. The van der Waals surface area contributed by atoms with E-state index in [1.54, 1.807) is 0 Å². The van der Waals surface area contributed by atoms with E-state index in [2.05, 4.69) is 29.3 Å². The summed E-state index contributed by atoms with van der Waals surface area (Å²) in [6, 6.07) is 9.31. The lowest BCUT2D eigenvalue weighted by Crippen LogP contribution is -2.21. The van der Waals surface area contributed by atoms with E-state index in [-0.39, 0.29) is 24.3 Å². The van der Waals surface area contributed by atoms with Crippen molar-refractivity contribution >= 4 is 11.6 Å². The predicted molar refractivity (Wildman–Crippen MR) is 85.0 cm³/mol. The Balaban J connectivity index is 1.62. The Kier molecular flexibility index (Phi) is 4.71. The molecule has 0 aliphatic carbocycles. The van der Waals surface area contributed by atoms with Gasteiger partial charge in [0.15, 0.2) is 5.82 Å². The van der Waals surface area contributed by atoms with Crippen LogP contribution < -0.4 is 5.32 Å². The number of rotatable bonds is 5. The maximum absolute atomic E-state index is 12.0. The van der Waals surface area contributed by atoms with Crippen LogP contribution in [0.1, 0.15) is 37.9 Å². The molecule has 1 aliphatic heterocycles. The van der Waals surface area contributed by atoms with E-state index in [0.29, 0.717) is 24.2 Å². The first-order valence-electron chi connectivity index (χ1n) is 7.92. The number of para-hydroxylation sites is 1. The van der Waals surface area contributed by atoms with Crippen LogP contribution in [-0.2, 0) is 16.0 Å². The highest BCUT2D eigenvalue weighted by Gasteiger charge is 2.35. The quantitative estimate of drug-likeness (QED) is 0.918. The van der Waals surface area contributed by atoms with Crippen LogP contribution in [0.2, 0.25) is 0 Å². The first-order valence-corrected chi connectivity index (χ1v) is 7.92. The average molecular weight is 315 g/mol. The molecule has 1 saturated heterocycles. The van der Waals surface area contributed by atoms with Crippen molar-refractivity contribution < 1.29 is 14.1 Å². The number of hydrogen-bond donors (Lipinski definition) is 1. The lowest BCUT2D eigenvalue weighted by molar-refractivity contribution is -0.115. The molecule has 3 rings (SSSR count). The number of aromatic nitrogens is 2. The summed E-state index contributed by atoms with van der Waals surface area (Å²) in [6.07, 6.45) is 1.07. The van der Waals surface area contributed by atoms with Gasteiger partial charge in [0.25, 0.3) is 0 Å². The second kappa shape index (κ2) is 6.91. The van der Waals surface area contributed by atoms with Gasteiger partial charge < -0.3 is 14.6 Å². The molecular weight excluding hydrogens is 294 g/mol. The van der Waals surface area contributed by atoms with Crippen molar-refractivity contribution in [2.45, 2.75) is 38.7 Å². The van der Waals surface area contributed by atoms with Crippen LogP contribution in [0.5, 0.6) is 0 Å². The fourth-order valence-electron chi connectivity index (χ4n) is 2.89. The Morgan fingerprint density at radius 3 is 2.87 bits per heavy atom. The highest BCUT2D eigenvalue weighted by atomic mass is 16.5. The van der Waals surface area contributed by atoms with Crippen molar-refractivity contribution in [1.29, 1.82) is 0 Å². The molecule has 0 bridgehead atoms. The second-order valence-corrected chi connectivity index (χ2v) is 6.11. The Morgan fingerprint density at radius 2 is 2.13 bits per heavy atom. The zero-order valence-corrected chi connectivity index (χ0v) is 13.4. The van der Waals surface area contributed by atoms with E-state index in [0.717, 1.165) is 12.1 Å². The van der Waals surface area contributed by atoms with Gasteiger partial charge in [0, 0.05) is 12.3 Å². The molecule has 2 heterocycles. The number of carbonyl (C=O) groups excluding carboxylic acids is 1. The molecule has 1 amide bonds. The van der Waals surface area contributed by atoms with Gasteiger partial charge in [-0.25, -0.2) is 0 Å². The maximum Gasteiger partial charge on any atom is 0.232 e. The van der Waals surface area contributed by atoms with Gasteiger partial charge in [0.2, 0.25) is 11.8 Å². The molecule has 122 valence electrons. The van der Waals surface area contributed by atoms with Crippen LogP contribution in [0, 0.1) is 5.92 Å². The number of nitrogens with zero attached hydrogens (tertiary/aromatic N) is 2. The van der Waals surface area contributed by atoms with Gasteiger partial charge >= 0.3 is 0 Å². The molecule has 6 heteroatoms. The number of benzene rings is 1. The van der Waals surface area contributed by atoms with Crippen molar-refractivity contribution in [1.82, 2.24) is 10.1 Å². The van der Waals surface area contributed by atoms with Crippen molar-refractivity contribution in [3.8, 4) is 0 Å². The van der Waals surface area contributed by atoms with Gasteiger partial charge in [-0.3, -0.25) is 4.79 Å². The summed E-state index contributed by atoms with van der Waals surface area (Å²) in [5.74, 6) is 1.32. The van der Waals surface area contributed by atoms with Crippen LogP contribution in [0.3, 0.4) is 0 Å². The molecule has 1 aliphatic rings. The molecule has 0 radical (unpaired) electrons. The highest BCUT2D eigenvalue weighted by Crippen LogP contribution is 2.34. The SMILES string of the molecule is CC(C)[C@@H]1OCC[C@H]1c1nc(CC(=O)Nc2ccccc2)no1. The minimum Gasteiger partial charge on any atom is -0.377 e. The van der Waals surface area contributed by atoms with Gasteiger partial charge in [0.05, 0.1) is 18.4 Å². The Labute approximate surface area is 135 Å². The van der Waals surface area contributed by atoms with Crippen LogP contribution >= 0.6 is 0 Å². The fraction of sp³-hybridized carbons (Fsp3) is 0.471. The summed E-state index contributed by atoms with van der Waals surface area (Å²) in [4.78, 5) is 16.4. The van der Waals surface area contributed by atoms with Crippen molar-refractivity contribution in [3.63, 3.8) is 0 Å². The van der Waals surface area contributed by atoms with Gasteiger partial charge in [-0.05, 0) is 24.5 Å². The molecule has 6 nitrogen and oxygen atoms in total. The molecule has 0 saturated carbocycles. The average Bonchev–Trinajstić information content (AvgIpc) is 3.16. The molecule has 2 aromatic rings. The standard InChI is InChI=1S/C17H21N3O3/c1-11(2)16-13(8-9-22-16)17-19-14(20-23-17)10-15(21)18-12-6-4-3-5-7-12/h3-7,11,13,16H,8-10H2,1-2H3,(H,18,21)/t13-,16+/m1/s1. The molecule has 0 unspecified atom stereocenters. The number of anilines is 1. The number of hydrogen-bond acceptors (Lipinski definition) is 5. The summed E-state index contributed by atoms with van der Waals surface area (Å²) in [5.41, 5.74) is 0.755. The molecule has 23 heavy (non-hydrogen) atoms. The third-order valence-electron chi connectivity index (χ3n) is 3.97. The number of amides is 1. The first-order chi connectivity index (χ1) is 11.1. The van der Waals surface area contributed by atoms with Gasteiger partial charge in [-0.1, -0.05) is 37.2 Å². The third-order valence-corrected chi connectivity index (χ3v) is 3.97. The Morgan fingerprint density at radius 1 is 1.35 bits per heavy atom. The third kappa shape index (κ3) is 3.76. The van der Waals surface area contributed by atoms with Crippen molar-refractivity contribution in [3.05, 3.63) is 42.0 Å². The summed E-state index contributed by atoms with van der Waals surface area (Å²) < 4.78 is 11.1. The smallest absolute Gasteiger partial charge is 0.232 e. The second-order valence-electron chi connectivity index (χ2n) is 6.11. The fourth-order valence-corrected chi connectivity index (χ4v) is 2.89. The highest BCUT2D eigenvalue weighted by molar-refractivity contribution is 5.91. The lowest BCUT2D eigenvalue weighted by Gasteiger charge is -2.18. The maximum atomic E-state index is 12.0. The summed E-state index contributed by atoms with van der Waals surface area (Å²) in [6.45, 7) is 4.95. The number of ether oxygens (including phenoxy) is 1. The minimum absolute atomic E-state index is 0.0956. The van der Waals surface area contributed by atoms with Crippen molar-refractivity contribution in [2.24, 2.45) is 5.92 Å². The summed E-state index contributed by atoms with van der Waals surface area (Å²) >= 11 is 0. The van der Waals surface area contributed by atoms with Crippen LogP contribution in [0.15, 0.2) is 34.9 Å². The number of carbonyl (C=O) groups is 1. The minimum atomic E-state index is -0.161. The zero-order chi connectivity index (χ0) is 16.2. The van der Waals surface area contributed by atoms with Crippen LogP contribution in [-0.4, -0.2) is 28.8 Å². The monoisotopic (exact) mass is 315 g/mol. The van der Waals surface area contributed by atoms with E-state index in [4.69, 9.17) is 9.26 Å². The Hall–Kier alpha value is -2.21. The predicted octanol–water partition coefficient (Wildman–Crippen LogP) is 2.78. The van der Waals surface area contributed by atoms with Gasteiger partial charge in [-0.2, -0.15) is 4.98 Å². The van der Waals surface area contributed by atoms with Crippen molar-refractivity contribution in [2.75, 3.05) is 11.9 Å². The van der Waals surface area contributed by atoms with Gasteiger partial charge in [0.1, 0.15) is 0 Å². The first kappa shape index (κ1) is 15.7. The van der Waals surface area contributed by atoms with Crippen LogP contribution in [0.25, 0.3) is 0 Å². The molecular formula is C17H21N3O3. The summed E-state index contributed by atoms with van der Waals surface area (Å²) in [5, 5.41) is 6.74. The van der Waals surface area contributed by atoms with E-state index in [1.165, 1.54) is 0 Å². The molecule has 1 aromatic heterocycles. The van der Waals surface area contributed by atoms with E-state index < -0.39 is 0 Å². The molecule has 1 N–H and O–H groups in total.